The van der Waals surface area contributed by atoms with E-state index in [9.17, 15) is 4.79 Å². The van der Waals surface area contributed by atoms with Gasteiger partial charge in [0.2, 0.25) is 0 Å². The molecular formula is C25H34N8O. The topological polar surface area (TPSA) is 106 Å². The predicted molar refractivity (Wildman–Crippen MR) is 134 cm³/mol. The van der Waals surface area contributed by atoms with Gasteiger partial charge in [-0.05, 0) is 59.2 Å². The Morgan fingerprint density at radius 2 is 1.94 bits per heavy atom. The molecule has 9 heteroatoms. The van der Waals surface area contributed by atoms with Crippen molar-refractivity contribution in [3.8, 4) is 11.5 Å². The molecule has 9 nitrogen and oxygen atoms in total. The fourth-order valence-electron chi connectivity index (χ4n) is 4.21. The van der Waals surface area contributed by atoms with Gasteiger partial charge in [-0.2, -0.15) is 0 Å². The number of amides is 1. The lowest BCUT2D eigenvalue weighted by molar-refractivity contribution is 0.0996. The van der Waals surface area contributed by atoms with Crippen LogP contribution in [0.2, 0.25) is 0 Å². The molecule has 2 N–H and O–H groups in total. The summed E-state index contributed by atoms with van der Waals surface area (Å²) in [6.45, 7) is 13.2. The minimum atomic E-state index is -0.697. The van der Waals surface area contributed by atoms with Crippen molar-refractivity contribution in [3.05, 3.63) is 46.9 Å². The zero-order chi connectivity index (χ0) is 24.8. The number of nitrogens with zero attached hydrogens (tertiary/aromatic N) is 7. The van der Waals surface area contributed by atoms with Gasteiger partial charge in [0.1, 0.15) is 23.2 Å². The SMILES string of the molecule is CCCn1c(C)nnc1-c1cccc(N2Cc3c(cc(N(C)C(C)C)nc3C(C)(C)N)C2=O)n1. The molecule has 0 aromatic carbocycles. The zero-order valence-corrected chi connectivity index (χ0v) is 21.1. The largest absolute Gasteiger partial charge is 0.357 e. The first-order valence-electron chi connectivity index (χ1n) is 11.8. The number of hydrogen-bond donors (Lipinski definition) is 1. The maximum Gasteiger partial charge on any atom is 0.260 e. The molecule has 1 aliphatic heterocycles. The Labute approximate surface area is 201 Å². The number of carbonyl (C=O) groups is 1. The van der Waals surface area contributed by atoms with Crippen molar-refractivity contribution in [1.29, 1.82) is 0 Å². The summed E-state index contributed by atoms with van der Waals surface area (Å²) >= 11 is 0. The Hall–Kier alpha value is -3.33. The van der Waals surface area contributed by atoms with Crippen LogP contribution in [-0.4, -0.2) is 43.7 Å². The fraction of sp³-hybridized carbons (Fsp3) is 0.480. The fourth-order valence-corrected chi connectivity index (χ4v) is 4.21. The Bertz CT molecular complexity index is 1220. The van der Waals surface area contributed by atoms with Crippen molar-refractivity contribution < 1.29 is 4.79 Å². The number of aryl methyl sites for hydroxylation is 1. The zero-order valence-electron chi connectivity index (χ0n) is 21.1. The molecule has 1 aliphatic rings. The Morgan fingerprint density at radius 1 is 1.21 bits per heavy atom. The third-order valence-electron chi connectivity index (χ3n) is 6.27. The van der Waals surface area contributed by atoms with Gasteiger partial charge >= 0.3 is 0 Å². The van der Waals surface area contributed by atoms with Crippen LogP contribution < -0.4 is 15.5 Å². The molecule has 34 heavy (non-hydrogen) atoms. The summed E-state index contributed by atoms with van der Waals surface area (Å²) in [5.74, 6) is 2.76. The third-order valence-corrected chi connectivity index (χ3v) is 6.27. The van der Waals surface area contributed by atoms with Crippen LogP contribution in [0.25, 0.3) is 11.5 Å². The summed E-state index contributed by atoms with van der Waals surface area (Å²) < 4.78 is 2.06. The lowest BCUT2D eigenvalue weighted by Crippen LogP contribution is -2.34. The molecule has 0 atom stereocenters. The maximum atomic E-state index is 13.6. The second kappa shape index (κ2) is 8.79. The van der Waals surface area contributed by atoms with Gasteiger partial charge in [0.25, 0.3) is 5.91 Å². The van der Waals surface area contributed by atoms with Gasteiger partial charge in [0, 0.05) is 25.2 Å². The molecule has 0 spiro atoms. The maximum absolute atomic E-state index is 13.6. The van der Waals surface area contributed by atoms with Gasteiger partial charge in [-0.25, -0.2) is 9.97 Å². The van der Waals surface area contributed by atoms with E-state index in [1.807, 2.05) is 57.0 Å². The van der Waals surface area contributed by atoms with Gasteiger partial charge in [-0.3, -0.25) is 9.69 Å². The lowest BCUT2D eigenvalue weighted by Gasteiger charge is -2.27. The van der Waals surface area contributed by atoms with Crippen LogP contribution in [-0.2, 0) is 18.6 Å². The molecule has 0 saturated carbocycles. The number of anilines is 2. The summed E-state index contributed by atoms with van der Waals surface area (Å²) in [7, 11) is 1.98. The molecule has 1 amide bonds. The van der Waals surface area contributed by atoms with Crippen LogP contribution in [0.15, 0.2) is 24.3 Å². The predicted octanol–water partition coefficient (Wildman–Crippen LogP) is 3.65. The molecular weight excluding hydrogens is 428 g/mol. The summed E-state index contributed by atoms with van der Waals surface area (Å²) in [4.78, 5) is 27.0. The summed E-state index contributed by atoms with van der Waals surface area (Å²) in [5.41, 5.74) is 8.72. The molecule has 3 aromatic rings. The van der Waals surface area contributed by atoms with Crippen LogP contribution >= 0.6 is 0 Å². The minimum absolute atomic E-state index is 0.0999. The quantitative estimate of drug-likeness (QED) is 0.571. The van der Waals surface area contributed by atoms with E-state index in [0.717, 1.165) is 35.9 Å². The summed E-state index contributed by atoms with van der Waals surface area (Å²) in [6.07, 6.45) is 0.962. The first-order valence-corrected chi connectivity index (χ1v) is 11.8. The number of nitrogens with two attached hydrogens (primary N) is 1. The van der Waals surface area contributed by atoms with Gasteiger partial charge in [0.05, 0.1) is 23.3 Å². The number of hydrogen-bond acceptors (Lipinski definition) is 7. The Kier molecular flexibility index (Phi) is 6.16. The number of fused-ring (bicyclic) bond motifs is 1. The van der Waals surface area contributed by atoms with Gasteiger partial charge in [-0.1, -0.05) is 13.0 Å². The smallest absolute Gasteiger partial charge is 0.260 e. The molecule has 0 unspecified atom stereocenters. The molecule has 0 fully saturated rings. The van der Waals surface area contributed by atoms with E-state index in [-0.39, 0.29) is 11.9 Å². The van der Waals surface area contributed by atoms with Gasteiger partial charge < -0.3 is 15.2 Å². The average Bonchev–Trinajstić information content (AvgIpc) is 3.32. The standard InChI is InChI=1S/C25H34N8O/c1-8-12-32-16(4)29-30-23(32)19-10-9-11-20(27-19)33-14-18-17(24(33)34)13-21(31(7)15(2)3)28-22(18)25(5,6)26/h9-11,13,15H,8,12,14,26H2,1-7H3. The number of carbonyl (C=O) groups excluding carboxylic acids is 1. The van der Waals surface area contributed by atoms with E-state index in [1.165, 1.54) is 0 Å². The summed E-state index contributed by atoms with van der Waals surface area (Å²) in [6, 6.07) is 7.76. The molecule has 0 aliphatic carbocycles. The highest BCUT2D eigenvalue weighted by Crippen LogP contribution is 2.35. The van der Waals surface area contributed by atoms with Crippen molar-refractivity contribution in [2.24, 2.45) is 5.73 Å². The van der Waals surface area contributed by atoms with Crippen molar-refractivity contribution in [3.63, 3.8) is 0 Å². The van der Waals surface area contributed by atoms with Crippen LogP contribution in [0.1, 0.15) is 68.5 Å². The number of aromatic nitrogens is 5. The average molecular weight is 463 g/mol. The van der Waals surface area contributed by atoms with Crippen molar-refractivity contribution in [2.45, 2.75) is 72.6 Å². The summed E-state index contributed by atoms with van der Waals surface area (Å²) in [5, 5.41) is 8.57. The van der Waals surface area contributed by atoms with Gasteiger partial charge in [0.15, 0.2) is 5.82 Å². The number of pyridine rings is 2. The van der Waals surface area contributed by atoms with Crippen LogP contribution in [0.5, 0.6) is 0 Å². The van der Waals surface area contributed by atoms with Crippen molar-refractivity contribution >= 4 is 17.5 Å². The molecule has 0 saturated heterocycles. The normalized spacial score (nSPS) is 13.7. The highest BCUT2D eigenvalue weighted by Gasteiger charge is 2.36. The first-order chi connectivity index (χ1) is 16.0. The lowest BCUT2D eigenvalue weighted by atomic mass is 9.94. The van der Waals surface area contributed by atoms with Crippen LogP contribution in [0.4, 0.5) is 11.6 Å². The Balaban J connectivity index is 1.76. The molecule has 4 rings (SSSR count). The van der Waals surface area contributed by atoms with E-state index in [4.69, 9.17) is 15.7 Å². The van der Waals surface area contributed by atoms with Crippen LogP contribution in [0.3, 0.4) is 0 Å². The second-order valence-electron chi connectivity index (χ2n) is 9.78. The highest BCUT2D eigenvalue weighted by atomic mass is 16.2. The number of rotatable bonds is 7. The third kappa shape index (κ3) is 4.16. The molecule has 0 bridgehead atoms. The van der Waals surface area contributed by atoms with E-state index in [1.54, 1.807) is 4.90 Å². The minimum Gasteiger partial charge on any atom is -0.357 e. The second-order valence-corrected chi connectivity index (χ2v) is 9.78. The highest BCUT2D eigenvalue weighted by molar-refractivity contribution is 6.10. The first kappa shape index (κ1) is 23.8. The van der Waals surface area contributed by atoms with E-state index in [2.05, 4.69) is 35.5 Å². The van der Waals surface area contributed by atoms with E-state index >= 15 is 0 Å². The molecule has 4 heterocycles. The van der Waals surface area contributed by atoms with Crippen LogP contribution in [0, 0.1) is 6.92 Å². The van der Waals surface area contributed by atoms with Crippen molar-refractivity contribution in [1.82, 2.24) is 24.7 Å². The molecule has 0 radical (unpaired) electrons. The van der Waals surface area contributed by atoms with E-state index in [0.29, 0.717) is 29.4 Å². The monoisotopic (exact) mass is 462 g/mol. The molecule has 3 aromatic heterocycles. The Morgan fingerprint density at radius 3 is 2.59 bits per heavy atom. The van der Waals surface area contributed by atoms with E-state index < -0.39 is 5.54 Å². The van der Waals surface area contributed by atoms with Gasteiger partial charge in [-0.15, -0.1) is 10.2 Å². The van der Waals surface area contributed by atoms with Crippen molar-refractivity contribution in [2.75, 3.05) is 16.8 Å². The molecule has 180 valence electrons.